The molecule has 0 saturated carbocycles. The molecule has 0 saturated heterocycles. The smallest absolute Gasteiger partial charge is 0.354 e. The van der Waals surface area contributed by atoms with Gasteiger partial charge >= 0.3 is 5.97 Å². The van der Waals surface area contributed by atoms with Crippen molar-refractivity contribution in [3.8, 4) is 5.75 Å². The molecule has 6 heteroatoms. The molecule has 0 aliphatic rings. The third-order valence-electron chi connectivity index (χ3n) is 2.33. The van der Waals surface area contributed by atoms with Crippen molar-refractivity contribution in [2.45, 2.75) is 6.92 Å². The van der Waals surface area contributed by atoms with E-state index in [1.807, 2.05) is 0 Å². The molecule has 0 unspecified atom stereocenters. The topological polar surface area (TPSA) is 59.4 Å². The number of nitrogens with zero attached hydrogens (tertiary/aromatic N) is 1. The highest BCUT2D eigenvalue weighted by Gasteiger charge is 2.13. The van der Waals surface area contributed by atoms with Crippen LogP contribution in [0.4, 0.5) is 4.39 Å². The number of aromatic nitrogens is 1. The van der Waals surface area contributed by atoms with Gasteiger partial charge in [0.2, 0.25) is 0 Å². The van der Waals surface area contributed by atoms with Crippen LogP contribution in [0.2, 0.25) is 5.02 Å². The van der Waals surface area contributed by atoms with Crippen molar-refractivity contribution >= 4 is 28.5 Å². The van der Waals surface area contributed by atoms with Crippen LogP contribution in [0, 0.1) is 5.82 Å². The first kappa shape index (κ1) is 12.6. The number of benzene rings is 1. The standard InChI is InChI=1S/C12H9ClFNO3/c1-2-18-11-3-6-7(13)4-10(12(16)17)15-9(6)5-8(11)14/h3-5H,2H2,1H3,(H,16,17). The van der Waals surface area contributed by atoms with Gasteiger partial charge in [0, 0.05) is 11.5 Å². The number of rotatable bonds is 3. The highest BCUT2D eigenvalue weighted by atomic mass is 35.5. The van der Waals surface area contributed by atoms with E-state index in [-0.39, 0.29) is 22.0 Å². The molecule has 0 spiro atoms. The molecule has 1 N–H and O–H groups in total. The molecule has 2 aromatic rings. The summed E-state index contributed by atoms with van der Waals surface area (Å²) in [6.45, 7) is 2.05. The predicted octanol–water partition coefficient (Wildman–Crippen LogP) is 3.12. The van der Waals surface area contributed by atoms with Crippen LogP contribution < -0.4 is 4.74 Å². The van der Waals surface area contributed by atoms with E-state index in [4.69, 9.17) is 21.4 Å². The summed E-state index contributed by atoms with van der Waals surface area (Å²) in [4.78, 5) is 14.6. The van der Waals surface area contributed by atoms with Gasteiger partial charge in [0.25, 0.3) is 0 Å². The molecule has 4 nitrogen and oxygen atoms in total. The van der Waals surface area contributed by atoms with E-state index in [0.29, 0.717) is 12.0 Å². The van der Waals surface area contributed by atoms with E-state index >= 15 is 0 Å². The number of hydrogen-bond acceptors (Lipinski definition) is 3. The van der Waals surface area contributed by atoms with Gasteiger partial charge in [-0.2, -0.15) is 0 Å². The van der Waals surface area contributed by atoms with Crippen molar-refractivity contribution in [1.29, 1.82) is 0 Å². The first-order chi connectivity index (χ1) is 8.52. The summed E-state index contributed by atoms with van der Waals surface area (Å²) in [5.41, 5.74) is -0.0445. The number of halogens is 2. The summed E-state index contributed by atoms with van der Waals surface area (Å²) < 4.78 is 18.7. The molecule has 0 bridgehead atoms. The Kier molecular flexibility index (Phi) is 3.34. The molecule has 0 fully saturated rings. The maximum atomic E-state index is 13.6. The van der Waals surface area contributed by atoms with Gasteiger partial charge in [0.05, 0.1) is 17.1 Å². The van der Waals surface area contributed by atoms with E-state index in [0.717, 1.165) is 6.07 Å². The predicted molar refractivity (Wildman–Crippen MR) is 64.8 cm³/mol. The largest absolute Gasteiger partial charge is 0.491 e. The zero-order valence-electron chi connectivity index (χ0n) is 9.41. The van der Waals surface area contributed by atoms with Gasteiger partial charge in [-0.05, 0) is 19.1 Å². The Morgan fingerprint density at radius 2 is 2.22 bits per heavy atom. The van der Waals surface area contributed by atoms with Crippen LogP contribution in [0.5, 0.6) is 5.75 Å². The van der Waals surface area contributed by atoms with Gasteiger partial charge < -0.3 is 9.84 Å². The van der Waals surface area contributed by atoms with Crippen molar-refractivity contribution in [1.82, 2.24) is 4.98 Å². The minimum absolute atomic E-state index is 0.0665. The normalized spacial score (nSPS) is 10.6. The maximum absolute atomic E-state index is 13.6. The van der Waals surface area contributed by atoms with E-state index in [1.54, 1.807) is 6.92 Å². The number of carbonyl (C=O) groups is 1. The zero-order valence-corrected chi connectivity index (χ0v) is 10.2. The second kappa shape index (κ2) is 4.78. The third-order valence-corrected chi connectivity index (χ3v) is 2.64. The monoisotopic (exact) mass is 269 g/mol. The van der Waals surface area contributed by atoms with Gasteiger partial charge in [-0.3, -0.25) is 0 Å². The molecular formula is C12H9ClFNO3. The van der Waals surface area contributed by atoms with Crippen LogP contribution in [0.1, 0.15) is 17.4 Å². The number of carboxylic acid groups (broad SMARTS) is 1. The van der Waals surface area contributed by atoms with Crippen LogP contribution >= 0.6 is 11.6 Å². The molecule has 1 aromatic carbocycles. The van der Waals surface area contributed by atoms with Crippen LogP contribution in [0.3, 0.4) is 0 Å². The van der Waals surface area contributed by atoms with E-state index in [1.165, 1.54) is 12.1 Å². The average Bonchev–Trinajstić information content (AvgIpc) is 2.30. The van der Waals surface area contributed by atoms with Crippen LogP contribution in [0.15, 0.2) is 18.2 Å². The molecule has 18 heavy (non-hydrogen) atoms. The number of ether oxygens (including phenoxy) is 1. The quantitative estimate of drug-likeness (QED) is 0.930. The summed E-state index contributed by atoms with van der Waals surface area (Å²) in [6.07, 6.45) is 0. The van der Waals surface area contributed by atoms with Crippen LogP contribution in [0.25, 0.3) is 10.9 Å². The Hall–Kier alpha value is -1.88. The molecule has 0 aliphatic carbocycles. The summed E-state index contributed by atoms with van der Waals surface area (Å²) in [7, 11) is 0. The van der Waals surface area contributed by atoms with Crippen LogP contribution in [-0.2, 0) is 0 Å². The fraction of sp³-hybridized carbons (Fsp3) is 0.167. The molecular weight excluding hydrogens is 261 g/mol. The number of aromatic carboxylic acids is 1. The summed E-state index contributed by atoms with van der Waals surface area (Å²) >= 11 is 5.95. The minimum Gasteiger partial charge on any atom is -0.491 e. The highest BCUT2D eigenvalue weighted by Crippen LogP contribution is 2.29. The molecule has 1 heterocycles. The van der Waals surface area contributed by atoms with Crippen molar-refractivity contribution in [3.63, 3.8) is 0 Å². The molecule has 0 atom stereocenters. The lowest BCUT2D eigenvalue weighted by atomic mass is 10.2. The maximum Gasteiger partial charge on any atom is 0.354 e. The highest BCUT2D eigenvalue weighted by molar-refractivity contribution is 6.35. The van der Waals surface area contributed by atoms with Crippen molar-refractivity contribution < 1.29 is 19.0 Å². The summed E-state index contributed by atoms with van der Waals surface area (Å²) in [5.74, 6) is -1.75. The summed E-state index contributed by atoms with van der Waals surface area (Å²) in [6, 6.07) is 3.74. The fourth-order valence-electron chi connectivity index (χ4n) is 1.56. The molecule has 94 valence electrons. The van der Waals surface area contributed by atoms with E-state index in [2.05, 4.69) is 4.98 Å². The van der Waals surface area contributed by atoms with E-state index in [9.17, 15) is 9.18 Å². The Morgan fingerprint density at radius 3 is 2.83 bits per heavy atom. The number of carboxylic acids is 1. The lowest BCUT2D eigenvalue weighted by Crippen LogP contribution is -2.01. The molecule has 0 amide bonds. The Bertz CT molecular complexity index is 630. The number of hydrogen-bond donors (Lipinski definition) is 1. The first-order valence-corrected chi connectivity index (χ1v) is 5.56. The average molecular weight is 270 g/mol. The van der Waals surface area contributed by atoms with Crippen molar-refractivity contribution in [3.05, 3.63) is 34.7 Å². The lowest BCUT2D eigenvalue weighted by molar-refractivity contribution is 0.0691. The Labute approximate surface area is 107 Å². The molecule has 1 aromatic heterocycles. The fourth-order valence-corrected chi connectivity index (χ4v) is 1.82. The second-order valence-electron chi connectivity index (χ2n) is 3.53. The SMILES string of the molecule is CCOc1cc2c(Cl)cc(C(=O)O)nc2cc1F. The molecule has 0 radical (unpaired) electrons. The van der Waals surface area contributed by atoms with E-state index < -0.39 is 11.8 Å². The Morgan fingerprint density at radius 1 is 1.50 bits per heavy atom. The van der Waals surface area contributed by atoms with Crippen LogP contribution in [-0.4, -0.2) is 22.7 Å². The third kappa shape index (κ3) is 2.22. The number of fused-ring (bicyclic) bond motifs is 1. The van der Waals surface area contributed by atoms with Gasteiger partial charge in [-0.15, -0.1) is 0 Å². The van der Waals surface area contributed by atoms with Gasteiger partial charge in [0.1, 0.15) is 5.69 Å². The first-order valence-electron chi connectivity index (χ1n) is 5.18. The van der Waals surface area contributed by atoms with Gasteiger partial charge in [0.15, 0.2) is 11.6 Å². The molecule has 2 rings (SSSR count). The van der Waals surface area contributed by atoms with Gasteiger partial charge in [-0.1, -0.05) is 11.6 Å². The Balaban J connectivity index is 2.68. The molecule has 0 aliphatic heterocycles. The second-order valence-corrected chi connectivity index (χ2v) is 3.93. The zero-order chi connectivity index (χ0) is 13.3. The number of pyridine rings is 1. The van der Waals surface area contributed by atoms with Crippen molar-refractivity contribution in [2.75, 3.05) is 6.61 Å². The lowest BCUT2D eigenvalue weighted by Gasteiger charge is -2.07. The summed E-state index contributed by atoms with van der Waals surface area (Å²) in [5, 5.41) is 9.48. The van der Waals surface area contributed by atoms with Gasteiger partial charge in [-0.25, -0.2) is 14.2 Å². The van der Waals surface area contributed by atoms with Crippen molar-refractivity contribution in [2.24, 2.45) is 0 Å². The minimum atomic E-state index is -1.21.